The Morgan fingerprint density at radius 3 is 2.48 bits per heavy atom. The number of anilines is 1. The van der Waals surface area contributed by atoms with Crippen LogP contribution >= 0.6 is 0 Å². The highest BCUT2D eigenvalue weighted by molar-refractivity contribution is 6.40. The van der Waals surface area contributed by atoms with Crippen LogP contribution in [0.3, 0.4) is 0 Å². The van der Waals surface area contributed by atoms with Gasteiger partial charge in [0.25, 0.3) is 0 Å². The van der Waals surface area contributed by atoms with E-state index in [9.17, 15) is 14.7 Å². The molecule has 1 saturated heterocycles. The number of likely N-dealkylation sites (tertiary alicyclic amines) is 1. The number of amides is 2. The molecule has 132 valence electrons. The molecule has 2 amide bonds. The molecule has 0 spiro atoms. The molecule has 5 nitrogen and oxygen atoms in total. The molecule has 0 aromatic heterocycles. The van der Waals surface area contributed by atoms with E-state index in [0.29, 0.717) is 18.8 Å². The summed E-state index contributed by atoms with van der Waals surface area (Å²) in [5.74, 6) is -1.11. The van der Waals surface area contributed by atoms with E-state index < -0.39 is 11.8 Å². The fourth-order valence-electron chi connectivity index (χ4n) is 3.46. The summed E-state index contributed by atoms with van der Waals surface area (Å²) >= 11 is 0. The zero-order valence-corrected chi connectivity index (χ0v) is 14.5. The van der Waals surface area contributed by atoms with Crippen LogP contribution in [0.15, 0.2) is 42.5 Å². The van der Waals surface area contributed by atoms with Gasteiger partial charge in [0.05, 0.1) is 0 Å². The Morgan fingerprint density at radius 1 is 1.12 bits per heavy atom. The minimum Gasteiger partial charge on any atom is -0.396 e. The van der Waals surface area contributed by atoms with E-state index in [1.807, 2.05) is 36.4 Å². The second-order valence-electron chi connectivity index (χ2n) is 6.78. The maximum absolute atomic E-state index is 12.5. The van der Waals surface area contributed by atoms with Gasteiger partial charge in [-0.05, 0) is 36.1 Å². The molecule has 2 aromatic carbocycles. The number of hydrogen-bond donors (Lipinski definition) is 2. The first-order valence-corrected chi connectivity index (χ1v) is 8.77. The Bertz CT molecular complexity index is 768. The monoisotopic (exact) mass is 340 g/mol. The van der Waals surface area contributed by atoms with Crippen molar-refractivity contribution >= 4 is 28.3 Å². The van der Waals surface area contributed by atoms with Crippen LogP contribution in [-0.2, 0) is 9.59 Å². The van der Waals surface area contributed by atoms with Crippen molar-refractivity contribution in [2.75, 3.05) is 25.0 Å². The van der Waals surface area contributed by atoms with Gasteiger partial charge < -0.3 is 15.3 Å². The first-order valence-electron chi connectivity index (χ1n) is 8.77. The highest BCUT2D eigenvalue weighted by Gasteiger charge is 2.35. The Kier molecular flexibility index (Phi) is 5.04. The number of piperidine rings is 1. The number of carbonyl (C=O) groups is 2. The minimum atomic E-state index is -0.607. The highest BCUT2D eigenvalue weighted by Crippen LogP contribution is 2.34. The maximum atomic E-state index is 12.5. The van der Waals surface area contributed by atoms with Crippen molar-refractivity contribution in [1.29, 1.82) is 0 Å². The third kappa shape index (κ3) is 3.51. The molecule has 3 rings (SSSR count). The van der Waals surface area contributed by atoms with Gasteiger partial charge in [0.1, 0.15) is 0 Å². The average molecular weight is 340 g/mol. The summed E-state index contributed by atoms with van der Waals surface area (Å²) in [5.41, 5.74) is 0.537. The largest absolute Gasteiger partial charge is 0.396 e. The molecular formula is C20H24N2O3. The molecule has 1 fully saturated rings. The molecule has 5 heteroatoms. The zero-order chi connectivity index (χ0) is 17.9. The van der Waals surface area contributed by atoms with Crippen molar-refractivity contribution in [3.05, 3.63) is 42.5 Å². The smallest absolute Gasteiger partial charge is 0.313 e. The van der Waals surface area contributed by atoms with Crippen LogP contribution in [0, 0.1) is 5.41 Å². The second kappa shape index (κ2) is 7.23. The molecule has 0 radical (unpaired) electrons. The van der Waals surface area contributed by atoms with Crippen LogP contribution in [-0.4, -0.2) is 41.5 Å². The molecule has 25 heavy (non-hydrogen) atoms. The molecule has 2 N–H and O–H groups in total. The van der Waals surface area contributed by atoms with Crippen molar-refractivity contribution in [3.63, 3.8) is 0 Å². The molecule has 1 aliphatic heterocycles. The zero-order valence-electron chi connectivity index (χ0n) is 14.5. The van der Waals surface area contributed by atoms with Crippen molar-refractivity contribution in [3.8, 4) is 0 Å². The molecule has 0 aliphatic carbocycles. The van der Waals surface area contributed by atoms with Gasteiger partial charge in [-0.15, -0.1) is 0 Å². The van der Waals surface area contributed by atoms with Gasteiger partial charge in [0, 0.05) is 30.8 Å². The van der Waals surface area contributed by atoms with Crippen LogP contribution in [0.2, 0.25) is 0 Å². The molecule has 0 bridgehead atoms. The lowest BCUT2D eigenvalue weighted by Gasteiger charge is -2.39. The molecular weight excluding hydrogens is 316 g/mol. The van der Waals surface area contributed by atoms with Crippen LogP contribution in [0.25, 0.3) is 10.8 Å². The fourth-order valence-corrected chi connectivity index (χ4v) is 3.46. The number of aliphatic hydroxyl groups excluding tert-OH is 1. The van der Waals surface area contributed by atoms with Crippen LogP contribution < -0.4 is 5.32 Å². The van der Waals surface area contributed by atoms with Crippen molar-refractivity contribution in [2.24, 2.45) is 5.41 Å². The van der Waals surface area contributed by atoms with E-state index in [1.54, 1.807) is 11.0 Å². The Morgan fingerprint density at radius 2 is 1.80 bits per heavy atom. The fraction of sp³-hybridized carbons (Fsp3) is 0.400. The van der Waals surface area contributed by atoms with Crippen molar-refractivity contribution in [1.82, 2.24) is 4.90 Å². The maximum Gasteiger partial charge on any atom is 0.313 e. The summed E-state index contributed by atoms with van der Waals surface area (Å²) in [6, 6.07) is 13.4. The number of hydrogen-bond acceptors (Lipinski definition) is 3. The lowest BCUT2D eigenvalue weighted by molar-refractivity contribution is -0.145. The Labute approximate surface area is 147 Å². The molecule has 0 saturated carbocycles. The summed E-state index contributed by atoms with van der Waals surface area (Å²) in [4.78, 5) is 26.5. The van der Waals surface area contributed by atoms with E-state index in [2.05, 4.69) is 12.2 Å². The minimum absolute atomic E-state index is 0.108. The van der Waals surface area contributed by atoms with Gasteiger partial charge >= 0.3 is 11.8 Å². The number of rotatable bonds is 3. The number of fused-ring (bicyclic) bond motifs is 1. The second-order valence-corrected chi connectivity index (χ2v) is 6.78. The third-order valence-corrected chi connectivity index (χ3v) is 5.43. The summed E-state index contributed by atoms with van der Waals surface area (Å²) in [5, 5.41) is 14.3. The van der Waals surface area contributed by atoms with Crippen molar-refractivity contribution < 1.29 is 14.7 Å². The van der Waals surface area contributed by atoms with E-state index in [1.165, 1.54) is 0 Å². The van der Waals surface area contributed by atoms with Crippen molar-refractivity contribution in [2.45, 2.75) is 26.2 Å². The normalized spacial score (nSPS) is 16.6. The molecule has 0 atom stereocenters. The number of carbonyl (C=O) groups excluding carboxylic acids is 2. The first-order chi connectivity index (χ1) is 12.1. The van der Waals surface area contributed by atoms with E-state index >= 15 is 0 Å². The molecule has 1 aliphatic rings. The topological polar surface area (TPSA) is 69.6 Å². The molecule has 1 heterocycles. The van der Waals surface area contributed by atoms with E-state index in [-0.39, 0.29) is 12.0 Å². The standard InChI is InChI=1S/C20H24N2O3/c1-2-20(14-23)10-12-22(13-11-20)19(25)18(24)21-17-9-5-7-15-6-3-4-8-16(15)17/h3-9,23H,2,10-14H2,1H3,(H,21,24). The predicted molar refractivity (Wildman–Crippen MR) is 98.2 cm³/mol. The van der Waals surface area contributed by atoms with E-state index in [0.717, 1.165) is 30.0 Å². The SMILES string of the molecule is CCC1(CO)CCN(C(=O)C(=O)Nc2cccc3ccccc23)CC1. The van der Waals surface area contributed by atoms with Gasteiger partial charge in [0.15, 0.2) is 0 Å². The number of nitrogens with one attached hydrogen (secondary N) is 1. The Hall–Kier alpha value is -2.40. The number of nitrogens with zero attached hydrogens (tertiary/aromatic N) is 1. The number of benzene rings is 2. The van der Waals surface area contributed by atoms with Gasteiger partial charge in [0.2, 0.25) is 0 Å². The first kappa shape index (κ1) is 17.4. The van der Waals surface area contributed by atoms with Gasteiger partial charge in [-0.1, -0.05) is 43.3 Å². The Balaban J connectivity index is 1.68. The molecule has 0 unspecified atom stereocenters. The summed E-state index contributed by atoms with van der Waals surface area (Å²) in [6.07, 6.45) is 2.34. The predicted octanol–water partition coefficient (Wildman–Crippen LogP) is 2.79. The van der Waals surface area contributed by atoms with Gasteiger partial charge in [-0.2, -0.15) is 0 Å². The van der Waals surface area contributed by atoms with Gasteiger partial charge in [-0.25, -0.2) is 0 Å². The van der Waals surface area contributed by atoms with Crippen LogP contribution in [0.4, 0.5) is 5.69 Å². The average Bonchev–Trinajstić information content (AvgIpc) is 2.67. The van der Waals surface area contributed by atoms with E-state index in [4.69, 9.17) is 0 Å². The summed E-state index contributed by atoms with van der Waals surface area (Å²) in [7, 11) is 0. The quantitative estimate of drug-likeness (QED) is 0.844. The third-order valence-electron chi connectivity index (χ3n) is 5.43. The summed E-state index contributed by atoms with van der Waals surface area (Å²) < 4.78 is 0. The highest BCUT2D eigenvalue weighted by atomic mass is 16.3. The van der Waals surface area contributed by atoms with Crippen LogP contribution in [0.5, 0.6) is 0 Å². The lowest BCUT2D eigenvalue weighted by atomic mass is 9.77. The number of aliphatic hydroxyl groups is 1. The lowest BCUT2D eigenvalue weighted by Crippen LogP contribution is -2.48. The summed E-state index contributed by atoms with van der Waals surface area (Å²) in [6.45, 7) is 3.21. The molecule has 2 aromatic rings. The van der Waals surface area contributed by atoms with Crippen LogP contribution in [0.1, 0.15) is 26.2 Å². The van der Waals surface area contributed by atoms with Gasteiger partial charge in [-0.3, -0.25) is 9.59 Å².